The van der Waals surface area contributed by atoms with Crippen molar-refractivity contribution in [1.82, 2.24) is 10.2 Å². The minimum Gasteiger partial charge on any atom is -0.314 e. The average Bonchev–Trinajstić information content (AvgIpc) is 3.14. The third kappa shape index (κ3) is 3.96. The van der Waals surface area contributed by atoms with Crippen LogP contribution in [0.4, 0.5) is 0 Å². The summed E-state index contributed by atoms with van der Waals surface area (Å²) in [6, 6.07) is 1.63. The van der Waals surface area contributed by atoms with E-state index in [1.165, 1.54) is 58.2 Å². The second-order valence-corrected chi connectivity index (χ2v) is 6.57. The Hall–Kier alpha value is -0.0800. The van der Waals surface area contributed by atoms with Crippen LogP contribution in [0, 0.1) is 5.41 Å². The fourth-order valence-electron chi connectivity index (χ4n) is 2.82. The summed E-state index contributed by atoms with van der Waals surface area (Å²) in [5.74, 6) is 0. The average molecular weight is 238 g/mol. The molecule has 2 aliphatic rings. The fraction of sp³-hybridized carbons (Fsp3) is 1.00. The molecule has 2 rings (SSSR count). The van der Waals surface area contributed by atoms with Crippen LogP contribution >= 0.6 is 0 Å². The molecule has 0 aromatic rings. The molecule has 2 heteroatoms. The molecule has 1 saturated carbocycles. The molecule has 1 unspecified atom stereocenters. The number of likely N-dealkylation sites (tertiary alicyclic amines) is 1. The maximum Gasteiger partial charge on any atom is 0.00790 e. The maximum absolute atomic E-state index is 3.63. The standard InChI is InChI=1S/C15H30N2/c1-4-15(3)8-11-17(12-9-15)13(2)7-10-16-14-5-6-14/h13-14,16H,4-12H2,1-3H3. The van der Waals surface area contributed by atoms with E-state index in [1.54, 1.807) is 0 Å². The Morgan fingerprint density at radius 1 is 1.29 bits per heavy atom. The van der Waals surface area contributed by atoms with Crippen LogP contribution < -0.4 is 5.32 Å². The molecule has 2 fully saturated rings. The highest BCUT2D eigenvalue weighted by Gasteiger charge is 2.30. The predicted molar refractivity (Wildman–Crippen MR) is 74.3 cm³/mol. The van der Waals surface area contributed by atoms with Gasteiger partial charge >= 0.3 is 0 Å². The van der Waals surface area contributed by atoms with Crippen LogP contribution in [0.2, 0.25) is 0 Å². The molecule has 1 saturated heterocycles. The summed E-state index contributed by atoms with van der Waals surface area (Å²) in [6.07, 6.45) is 8.27. The van der Waals surface area contributed by atoms with Gasteiger partial charge in [0.2, 0.25) is 0 Å². The Morgan fingerprint density at radius 2 is 1.94 bits per heavy atom. The van der Waals surface area contributed by atoms with Crippen molar-refractivity contribution in [1.29, 1.82) is 0 Å². The predicted octanol–water partition coefficient (Wildman–Crippen LogP) is 3.03. The molecule has 1 heterocycles. The summed E-state index contributed by atoms with van der Waals surface area (Å²) in [5, 5.41) is 3.63. The smallest absolute Gasteiger partial charge is 0.00790 e. The number of nitrogens with one attached hydrogen (secondary N) is 1. The molecule has 1 aliphatic carbocycles. The van der Waals surface area contributed by atoms with E-state index in [0.717, 1.165) is 12.1 Å². The quantitative estimate of drug-likeness (QED) is 0.765. The van der Waals surface area contributed by atoms with Crippen LogP contribution in [0.15, 0.2) is 0 Å². The lowest BCUT2D eigenvalue weighted by molar-refractivity contribution is 0.0834. The fourth-order valence-corrected chi connectivity index (χ4v) is 2.82. The van der Waals surface area contributed by atoms with Gasteiger partial charge in [0.15, 0.2) is 0 Å². The van der Waals surface area contributed by atoms with Gasteiger partial charge in [-0.1, -0.05) is 20.3 Å². The van der Waals surface area contributed by atoms with Gasteiger partial charge in [0, 0.05) is 12.1 Å². The van der Waals surface area contributed by atoms with Crippen molar-refractivity contribution in [3.05, 3.63) is 0 Å². The van der Waals surface area contributed by atoms with E-state index in [4.69, 9.17) is 0 Å². The molecule has 100 valence electrons. The van der Waals surface area contributed by atoms with E-state index < -0.39 is 0 Å². The second kappa shape index (κ2) is 5.71. The van der Waals surface area contributed by atoms with Crippen LogP contribution in [-0.2, 0) is 0 Å². The SMILES string of the molecule is CCC1(C)CCN(C(C)CCNC2CC2)CC1. The molecule has 0 aromatic carbocycles. The van der Waals surface area contributed by atoms with E-state index in [-0.39, 0.29) is 0 Å². The Balaban J connectivity index is 1.64. The van der Waals surface area contributed by atoms with E-state index >= 15 is 0 Å². The van der Waals surface area contributed by atoms with Gasteiger partial charge < -0.3 is 10.2 Å². The molecule has 2 nitrogen and oxygen atoms in total. The Labute approximate surface area is 107 Å². The van der Waals surface area contributed by atoms with E-state index in [1.807, 2.05) is 0 Å². The minimum absolute atomic E-state index is 0.627. The molecule has 1 atom stereocenters. The Morgan fingerprint density at radius 3 is 2.47 bits per heavy atom. The van der Waals surface area contributed by atoms with Gasteiger partial charge in [0.25, 0.3) is 0 Å². The molecule has 0 radical (unpaired) electrons. The van der Waals surface area contributed by atoms with Gasteiger partial charge in [-0.15, -0.1) is 0 Å². The van der Waals surface area contributed by atoms with Crippen LogP contribution in [0.25, 0.3) is 0 Å². The Kier molecular flexibility index (Phi) is 4.48. The number of rotatable bonds is 6. The highest BCUT2D eigenvalue weighted by Crippen LogP contribution is 2.34. The van der Waals surface area contributed by atoms with E-state index in [9.17, 15) is 0 Å². The van der Waals surface area contributed by atoms with Crippen molar-refractivity contribution in [2.75, 3.05) is 19.6 Å². The van der Waals surface area contributed by atoms with Crippen molar-refractivity contribution in [3.8, 4) is 0 Å². The molecule has 0 spiro atoms. The van der Waals surface area contributed by atoms with Gasteiger partial charge in [0.05, 0.1) is 0 Å². The van der Waals surface area contributed by atoms with Crippen molar-refractivity contribution in [3.63, 3.8) is 0 Å². The summed E-state index contributed by atoms with van der Waals surface area (Å²) >= 11 is 0. The Bertz CT molecular complexity index is 227. The number of hydrogen-bond acceptors (Lipinski definition) is 2. The lowest BCUT2D eigenvalue weighted by Gasteiger charge is -2.41. The third-order valence-electron chi connectivity index (χ3n) is 5.05. The van der Waals surface area contributed by atoms with Gasteiger partial charge in [-0.25, -0.2) is 0 Å². The first-order valence-corrected chi connectivity index (χ1v) is 7.60. The molecule has 0 amide bonds. The molecule has 1 aliphatic heterocycles. The lowest BCUT2D eigenvalue weighted by Crippen LogP contribution is -2.44. The topological polar surface area (TPSA) is 15.3 Å². The first kappa shape index (κ1) is 13.4. The zero-order valence-electron chi connectivity index (χ0n) is 12.0. The summed E-state index contributed by atoms with van der Waals surface area (Å²) < 4.78 is 0. The van der Waals surface area contributed by atoms with Gasteiger partial charge in [0.1, 0.15) is 0 Å². The zero-order valence-corrected chi connectivity index (χ0v) is 12.0. The highest BCUT2D eigenvalue weighted by molar-refractivity contribution is 4.85. The maximum atomic E-state index is 3.63. The minimum atomic E-state index is 0.627. The third-order valence-corrected chi connectivity index (χ3v) is 5.05. The van der Waals surface area contributed by atoms with Crippen LogP contribution in [0.1, 0.15) is 59.3 Å². The van der Waals surface area contributed by atoms with Crippen LogP contribution in [0.3, 0.4) is 0 Å². The van der Waals surface area contributed by atoms with Crippen molar-refractivity contribution in [2.45, 2.75) is 71.4 Å². The first-order chi connectivity index (χ1) is 8.13. The first-order valence-electron chi connectivity index (χ1n) is 7.60. The molecule has 0 aromatic heterocycles. The molecule has 0 bridgehead atoms. The van der Waals surface area contributed by atoms with Gasteiger partial charge in [-0.3, -0.25) is 0 Å². The van der Waals surface area contributed by atoms with E-state index in [0.29, 0.717) is 5.41 Å². The van der Waals surface area contributed by atoms with Crippen molar-refractivity contribution in [2.24, 2.45) is 5.41 Å². The largest absolute Gasteiger partial charge is 0.314 e. The summed E-state index contributed by atoms with van der Waals surface area (Å²) in [4.78, 5) is 2.70. The van der Waals surface area contributed by atoms with Crippen molar-refractivity contribution < 1.29 is 0 Å². The van der Waals surface area contributed by atoms with Crippen molar-refractivity contribution >= 4 is 0 Å². The normalized spacial score (nSPS) is 27.0. The molecule has 17 heavy (non-hydrogen) atoms. The summed E-state index contributed by atoms with van der Waals surface area (Å²) in [5.41, 5.74) is 0.627. The second-order valence-electron chi connectivity index (χ2n) is 6.57. The summed E-state index contributed by atoms with van der Waals surface area (Å²) in [6.45, 7) is 11.1. The lowest BCUT2D eigenvalue weighted by atomic mass is 9.78. The monoisotopic (exact) mass is 238 g/mol. The van der Waals surface area contributed by atoms with Crippen LogP contribution in [-0.4, -0.2) is 36.6 Å². The van der Waals surface area contributed by atoms with Gasteiger partial charge in [-0.05, 0) is 64.1 Å². The highest BCUT2D eigenvalue weighted by atomic mass is 15.2. The number of hydrogen-bond donors (Lipinski definition) is 1. The van der Waals surface area contributed by atoms with E-state index in [2.05, 4.69) is 31.0 Å². The zero-order chi connectivity index (χ0) is 12.3. The molecular formula is C15H30N2. The molecule has 1 N–H and O–H groups in total. The summed E-state index contributed by atoms with van der Waals surface area (Å²) in [7, 11) is 0. The van der Waals surface area contributed by atoms with Gasteiger partial charge in [-0.2, -0.15) is 0 Å². The number of piperidine rings is 1. The van der Waals surface area contributed by atoms with Crippen LogP contribution in [0.5, 0.6) is 0 Å². The molecular weight excluding hydrogens is 208 g/mol. The number of nitrogens with zero attached hydrogens (tertiary/aromatic N) is 1.